The van der Waals surface area contributed by atoms with Crippen molar-refractivity contribution in [2.75, 3.05) is 33.4 Å². The van der Waals surface area contributed by atoms with Crippen LogP contribution in [0.1, 0.15) is 33.1 Å². The lowest BCUT2D eigenvalue weighted by Gasteiger charge is -2.31. The highest BCUT2D eigenvalue weighted by Gasteiger charge is 2.34. The van der Waals surface area contributed by atoms with Gasteiger partial charge >= 0.3 is 12.0 Å². The fourth-order valence-electron chi connectivity index (χ4n) is 2.13. The Bertz CT molecular complexity index is 329. The van der Waals surface area contributed by atoms with Crippen LogP contribution in [0.3, 0.4) is 0 Å². The molecule has 0 aromatic heterocycles. The van der Waals surface area contributed by atoms with Gasteiger partial charge in [-0.25, -0.2) is 4.79 Å². The van der Waals surface area contributed by atoms with Crippen molar-refractivity contribution in [1.29, 1.82) is 0 Å². The van der Waals surface area contributed by atoms with Crippen molar-refractivity contribution in [2.24, 2.45) is 5.92 Å². The summed E-state index contributed by atoms with van der Waals surface area (Å²) in [4.78, 5) is 26.8. The first-order chi connectivity index (χ1) is 9.45. The van der Waals surface area contributed by atoms with Crippen molar-refractivity contribution in [3.63, 3.8) is 0 Å². The van der Waals surface area contributed by atoms with Gasteiger partial charge in [-0.2, -0.15) is 0 Å². The zero-order valence-electron chi connectivity index (χ0n) is 12.7. The van der Waals surface area contributed by atoms with Crippen LogP contribution >= 0.6 is 0 Å². The second kappa shape index (κ2) is 8.09. The molecule has 0 aliphatic heterocycles. The molecule has 1 N–H and O–H groups in total. The lowest BCUT2D eigenvalue weighted by atomic mass is 10.2. The third kappa shape index (κ3) is 5.77. The molecule has 116 valence electrons. The highest BCUT2D eigenvalue weighted by Crippen LogP contribution is 2.28. The fraction of sp³-hybridized carbons (Fsp3) is 0.857. The summed E-state index contributed by atoms with van der Waals surface area (Å²) in [6, 6.07) is 0.165. The van der Waals surface area contributed by atoms with E-state index in [0.29, 0.717) is 32.2 Å². The first-order valence-corrected chi connectivity index (χ1v) is 7.22. The van der Waals surface area contributed by atoms with Crippen LogP contribution in [0.2, 0.25) is 0 Å². The van der Waals surface area contributed by atoms with Gasteiger partial charge in [0, 0.05) is 32.8 Å². The Morgan fingerprint density at radius 3 is 2.40 bits per heavy atom. The average Bonchev–Trinajstić information content (AvgIpc) is 3.18. The van der Waals surface area contributed by atoms with Crippen LogP contribution in [0.25, 0.3) is 0 Å². The molecule has 1 fully saturated rings. The molecule has 0 spiro atoms. The number of methoxy groups -OCH3 is 1. The van der Waals surface area contributed by atoms with Crippen LogP contribution in [0.15, 0.2) is 0 Å². The highest BCUT2D eigenvalue weighted by molar-refractivity contribution is 5.76. The number of nitrogens with zero attached hydrogens (tertiary/aromatic N) is 2. The summed E-state index contributed by atoms with van der Waals surface area (Å²) >= 11 is 0. The SMILES string of the molecule is COCCN(CC(C)C)C(=O)N(CCC(=O)O)C1CC1. The average molecular weight is 286 g/mol. The van der Waals surface area contributed by atoms with Crippen molar-refractivity contribution >= 4 is 12.0 Å². The van der Waals surface area contributed by atoms with E-state index in [4.69, 9.17) is 9.84 Å². The van der Waals surface area contributed by atoms with E-state index >= 15 is 0 Å². The first kappa shape index (κ1) is 16.8. The smallest absolute Gasteiger partial charge is 0.320 e. The maximum atomic E-state index is 12.6. The molecule has 0 bridgehead atoms. The number of amides is 2. The molecule has 0 radical (unpaired) electrons. The molecule has 20 heavy (non-hydrogen) atoms. The predicted octanol–water partition coefficient (Wildman–Crippen LogP) is 1.65. The van der Waals surface area contributed by atoms with Gasteiger partial charge in [-0.05, 0) is 18.8 Å². The van der Waals surface area contributed by atoms with Gasteiger partial charge in [0.15, 0.2) is 0 Å². The summed E-state index contributed by atoms with van der Waals surface area (Å²) in [7, 11) is 1.61. The van der Waals surface area contributed by atoms with Crippen molar-refractivity contribution in [1.82, 2.24) is 9.80 Å². The van der Waals surface area contributed by atoms with Crippen molar-refractivity contribution in [2.45, 2.75) is 39.2 Å². The number of rotatable bonds is 9. The van der Waals surface area contributed by atoms with Gasteiger partial charge < -0.3 is 19.6 Å². The number of hydrogen-bond acceptors (Lipinski definition) is 3. The molecule has 1 saturated carbocycles. The van der Waals surface area contributed by atoms with Crippen molar-refractivity contribution < 1.29 is 19.4 Å². The van der Waals surface area contributed by atoms with Gasteiger partial charge in [0.2, 0.25) is 0 Å². The number of ether oxygens (including phenoxy) is 1. The third-order valence-corrected chi connectivity index (χ3v) is 3.22. The van der Waals surface area contributed by atoms with Crippen LogP contribution in [0.5, 0.6) is 0 Å². The molecule has 1 aliphatic rings. The van der Waals surface area contributed by atoms with E-state index in [9.17, 15) is 9.59 Å². The van der Waals surface area contributed by atoms with Gasteiger partial charge in [0.1, 0.15) is 0 Å². The first-order valence-electron chi connectivity index (χ1n) is 7.22. The summed E-state index contributed by atoms with van der Waals surface area (Å²) in [6.07, 6.45) is 1.96. The second-order valence-electron chi connectivity index (χ2n) is 5.68. The number of urea groups is 1. The quantitative estimate of drug-likeness (QED) is 0.699. The van der Waals surface area contributed by atoms with Crippen molar-refractivity contribution in [3.8, 4) is 0 Å². The Kier molecular flexibility index (Phi) is 6.78. The predicted molar refractivity (Wildman–Crippen MR) is 75.7 cm³/mol. The van der Waals surface area contributed by atoms with E-state index in [0.717, 1.165) is 12.8 Å². The second-order valence-corrected chi connectivity index (χ2v) is 5.68. The summed E-state index contributed by atoms with van der Waals surface area (Å²) in [5.41, 5.74) is 0. The lowest BCUT2D eigenvalue weighted by Crippen LogP contribution is -2.47. The largest absolute Gasteiger partial charge is 0.481 e. The van der Waals surface area contributed by atoms with E-state index in [1.807, 2.05) is 0 Å². The molecular formula is C14H26N2O4. The zero-order valence-corrected chi connectivity index (χ0v) is 12.7. The molecular weight excluding hydrogens is 260 g/mol. The maximum Gasteiger partial charge on any atom is 0.320 e. The van der Waals surface area contributed by atoms with Crippen molar-refractivity contribution in [3.05, 3.63) is 0 Å². The van der Waals surface area contributed by atoms with Crippen LogP contribution in [0, 0.1) is 5.92 Å². The Balaban J connectivity index is 2.63. The summed E-state index contributed by atoms with van der Waals surface area (Å²) in [5, 5.41) is 8.80. The van der Waals surface area contributed by atoms with E-state index in [-0.39, 0.29) is 18.5 Å². The van der Waals surface area contributed by atoms with Gasteiger partial charge in [-0.1, -0.05) is 13.8 Å². The Morgan fingerprint density at radius 1 is 1.30 bits per heavy atom. The summed E-state index contributed by atoms with van der Waals surface area (Å²) in [5.74, 6) is -0.493. The van der Waals surface area contributed by atoms with E-state index in [1.54, 1.807) is 16.9 Å². The van der Waals surface area contributed by atoms with Gasteiger partial charge in [0.05, 0.1) is 13.0 Å². The minimum Gasteiger partial charge on any atom is -0.481 e. The van der Waals surface area contributed by atoms with Crippen LogP contribution in [-0.2, 0) is 9.53 Å². The molecule has 6 heteroatoms. The normalized spacial score (nSPS) is 14.4. The molecule has 0 atom stereocenters. The Morgan fingerprint density at radius 2 is 1.95 bits per heavy atom. The number of carboxylic acid groups (broad SMARTS) is 1. The molecule has 0 aromatic carbocycles. The van der Waals surface area contributed by atoms with E-state index in [2.05, 4.69) is 13.8 Å². The summed E-state index contributed by atoms with van der Waals surface area (Å²) in [6.45, 7) is 6.12. The Hall–Kier alpha value is -1.30. The molecule has 0 aromatic rings. The molecule has 6 nitrogen and oxygen atoms in total. The standard InChI is InChI=1S/C14H26N2O4/c1-11(2)10-15(8-9-20-3)14(19)16(12-4-5-12)7-6-13(17)18/h11-12H,4-10H2,1-3H3,(H,17,18). The minimum absolute atomic E-state index is 0.00202. The van der Waals surface area contributed by atoms with Gasteiger partial charge in [-0.3, -0.25) is 4.79 Å². The number of carbonyl (C=O) groups excluding carboxylic acids is 1. The number of aliphatic carboxylic acids is 1. The number of hydrogen-bond donors (Lipinski definition) is 1. The fourth-order valence-corrected chi connectivity index (χ4v) is 2.13. The zero-order chi connectivity index (χ0) is 15.1. The molecule has 0 saturated heterocycles. The monoisotopic (exact) mass is 286 g/mol. The number of carboxylic acids is 1. The topological polar surface area (TPSA) is 70.1 Å². The molecule has 0 unspecified atom stereocenters. The third-order valence-electron chi connectivity index (χ3n) is 3.22. The van der Waals surface area contributed by atoms with E-state index < -0.39 is 5.97 Å². The van der Waals surface area contributed by atoms with E-state index in [1.165, 1.54) is 0 Å². The van der Waals surface area contributed by atoms with Crippen LogP contribution in [-0.4, -0.2) is 66.3 Å². The van der Waals surface area contributed by atoms with Crippen LogP contribution in [0.4, 0.5) is 4.79 Å². The maximum absolute atomic E-state index is 12.6. The molecule has 2 amide bonds. The molecule has 0 heterocycles. The minimum atomic E-state index is -0.865. The molecule has 1 rings (SSSR count). The van der Waals surface area contributed by atoms with Crippen LogP contribution < -0.4 is 0 Å². The summed E-state index contributed by atoms with van der Waals surface area (Å²) < 4.78 is 5.05. The number of carbonyl (C=O) groups is 2. The Labute approximate surface area is 120 Å². The van der Waals surface area contributed by atoms with Gasteiger partial charge in [-0.15, -0.1) is 0 Å². The highest BCUT2D eigenvalue weighted by atomic mass is 16.5. The lowest BCUT2D eigenvalue weighted by molar-refractivity contribution is -0.137. The van der Waals surface area contributed by atoms with Gasteiger partial charge in [0.25, 0.3) is 0 Å². The molecule has 1 aliphatic carbocycles.